The van der Waals surface area contributed by atoms with Gasteiger partial charge in [0.05, 0.1) is 16.0 Å². The maximum absolute atomic E-state index is 12.5. The lowest BCUT2D eigenvalue weighted by Gasteiger charge is -2.10. The highest BCUT2D eigenvalue weighted by atomic mass is 79.9. The Labute approximate surface area is 164 Å². The first-order chi connectivity index (χ1) is 11.8. The molecule has 4 nitrogen and oxygen atoms in total. The average Bonchev–Trinajstić information content (AvgIpc) is 2.83. The van der Waals surface area contributed by atoms with Crippen LogP contribution < -0.4 is 5.32 Å². The summed E-state index contributed by atoms with van der Waals surface area (Å²) in [4.78, 5) is 24.9. The van der Waals surface area contributed by atoms with Crippen LogP contribution in [0.1, 0.15) is 47.1 Å². The fourth-order valence-electron chi connectivity index (χ4n) is 2.31. The number of amides is 1. The van der Waals surface area contributed by atoms with E-state index in [1.54, 1.807) is 31.2 Å². The van der Waals surface area contributed by atoms with Gasteiger partial charge < -0.3 is 10.1 Å². The van der Waals surface area contributed by atoms with Crippen molar-refractivity contribution in [3.63, 3.8) is 0 Å². The molecule has 0 saturated carbocycles. The maximum atomic E-state index is 12.5. The van der Waals surface area contributed by atoms with Gasteiger partial charge in [0.2, 0.25) is 0 Å². The molecule has 0 spiro atoms. The topological polar surface area (TPSA) is 55.4 Å². The predicted molar refractivity (Wildman–Crippen MR) is 106 cm³/mol. The fourth-order valence-corrected chi connectivity index (χ4v) is 4.22. The molecule has 25 heavy (non-hydrogen) atoms. The third kappa shape index (κ3) is 5.06. The Bertz CT molecular complexity index is 771. The summed E-state index contributed by atoms with van der Waals surface area (Å²) in [7, 11) is 0. The van der Waals surface area contributed by atoms with Gasteiger partial charge in [-0.25, -0.2) is 4.79 Å². The molecule has 0 unspecified atom stereocenters. The van der Waals surface area contributed by atoms with Gasteiger partial charge in [-0.1, -0.05) is 25.4 Å². The van der Waals surface area contributed by atoms with Crippen LogP contribution in [-0.4, -0.2) is 18.5 Å². The van der Waals surface area contributed by atoms with E-state index in [1.165, 1.54) is 11.3 Å². The van der Waals surface area contributed by atoms with Crippen molar-refractivity contribution >= 4 is 55.7 Å². The minimum Gasteiger partial charge on any atom is -0.462 e. The highest BCUT2D eigenvalue weighted by Crippen LogP contribution is 2.39. The van der Waals surface area contributed by atoms with Crippen LogP contribution in [0.5, 0.6) is 0 Å². The Morgan fingerprint density at radius 1 is 1.28 bits per heavy atom. The molecule has 0 aliphatic carbocycles. The van der Waals surface area contributed by atoms with E-state index in [0.717, 1.165) is 9.35 Å². The third-order valence-corrected chi connectivity index (χ3v) is 5.54. The van der Waals surface area contributed by atoms with Crippen LogP contribution in [0.25, 0.3) is 0 Å². The van der Waals surface area contributed by atoms with Gasteiger partial charge >= 0.3 is 5.97 Å². The van der Waals surface area contributed by atoms with Gasteiger partial charge in [0, 0.05) is 10.6 Å². The number of rotatable bonds is 6. The van der Waals surface area contributed by atoms with Crippen molar-refractivity contribution in [2.24, 2.45) is 5.92 Å². The van der Waals surface area contributed by atoms with E-state index in [0.29, 0.717) is 33.5 Å². The van der Waals surface area contributed by atoms with Crippen molar-refractivity contribution in [1.82, 2.24) is 0 Å². The Balaban J connectivity index is 2.37. The number of ether oxygens (including phenoxy) is 1. The average molecular weight is 445 g/mol. The molecule has 1 N–H and O–H groups in total. The van der Waals surface area contributed by atoms with Crippen LogP contribution >= 0.6 is 38.9 Å². The number of anilines is 1. The van der Waals surface area contributed by atoms with Crippen molar-refractivity contribution in [2.45, 2.75) is 27.2 Å². The van der Waals surface area contributed by atoms with E-state index in [-0.39, 0.29) is 12.5 Å². The zero-order valence-corrected chi connectivity index (χ0v) is 17.3. The van der Waals surface area contributed by atoms with Crippen molar-refractivity contribution in [2.75, 3.05) is 11.9 Å². The molecule has 0 fully saturated rings. The summed E-state index contributed by atoms with van der Waals surface area (Å²) in [6.45, 7) is 6.18. The summed E-state index contributed by atoms with van der Waals surface area (Å²) in [5.41, 5.74) is 1.76. The van der Waals surface area contributed by atoms with Gasteiger partial charge in [0.25, 0.3) is 5.91 Å². The molecular formula is C18H19BrClNO3S. The molecule has 2 aromatic rings. The van der Waals surface area contributed by atoms with Crippen LogP contribution in [0, 0.1) is 5.92 Å². The van der Waals surface area contributed by atoms with E-state index in [9.17, 15) is 9.59 Å². The van der Waals surface area contributed by atoms with E-state index in [1.807, 2.05) is 0 Å². The van der Waals surface area contributed by atoms with E-state index in [4.69, 9.17) is 16.3 Å². The molecule has 134 valence electrons. The number of thiophene rings is 1. The number of esters is 1. The lowest BCUT2D eigenvalue weighted by atomic mass is 10.0. The minimum atomic E-state index is -0.425. The molecule has 0 radical (unpaired) electrons. The molecule has 1 amide bonds. The highest BCUT2D eigenvalue weighted by Gasteiger charge is 2.25. The van der Waals surface area contributed by atoms with Gasteiger partial charge in [-0.15, -0.1) is 11.3 Å². The molecule has 1 aromatic heterocycles. The number of nitrogens with one attached hydrogen (secondary N) is 1. The molecule has 1 heterocycles. The molecule has 2 rings (SSSR count). The molecule has 0 saturated heterocycles. The van der Waals surface area contributed by atoms with Gasteiger partial charge in [-0.3, -0.25) is 4.79 Å². The number of hydrogen-bond donors (Lipinski definition) is 1. The first kappa shape index (κ1) is 19.9. The molecule has 7 heteroatoms. The molecule has 1 aromatic carbocycles. The first-order valence-electron chi connectivity index (χ1n) is 7.88. The SMILES string of the molecule is CCOC(=O)c1c(NC(=O)c2ccc(Cl)cc2)sc(Br)c1CC(C)C. The van der Waals surface area contributed by atoms with E-state index < -0.39 is 5.97 Å². The third-order valence-electron chi connectivity index (χ3n) is 3.38. The standard InChI is InChI=1S/C18H19BrClNO3S/c1-4-24-18(23)14-13(9-10(2)3)15(19)25-17(14)21-16(22)11-5-7-12(20)8-6-11/h5-8,10H,4,9H2,1-3H3,(H,21,22). The summed E-state index contributed by atoms with van der Waals surface area (Å²) >= 11 is 10.7. The monoisotopic (exact) mass is 443 g/mol. The summed E-state index contributed by atoms with van der Waals surface area (Å²) in [5, 5.41) is 3.87. The van der Waals surface area contributed by atoms with Gasteiger partial charge in [-0.05, 0) is 65.0 Å². The largest absolute Gasteiger partial charge is 0.462 e. The number of carbonyl (C=O) groups is 2. The molecule has 0 aliphatic rings. The second-order valence-electron chi connectivity index (χ2n) is 5.84. The Kier molecular flexibility index (Phi) is 7.04. The Morgan fingerprint density at radius 2 is 1.92 bits per heavy atom. The van der Waals surface area contributed by atoms with Crippen molar-refractivity contribution < 1.29 is 14.3 Å². The highest BCUT2D eigenvalue weighted by molar-refractivity contribution is 9.11. The van der Waals surface area contributed by atoms with Gasteiger partial charge in [-0.2, -0.15) is 0 Å². The zero-order chi connectivity index (χ0) is 18.6. The smallest absolute Gasteiger partial charge is 0.341 e. The number of halogens is 2. The first-order valence-corrected chi connectivity index (χ1v) is 9.87. The second kappa shape index (κ2) is 8.83. The van der Waals surface area contributed by atoms with Gasteiger partial charge in [0.1, 0.15) is 5.00 Å². The normalized spacial score (nSPS) is 10.8. The lowest BCUT2D eigenvalue weighted by Crippen LogP contribution is -2.15. The van der Waals surface area contributed by atoms with E-state index >= 15 is 0 Å². The summed E-state index contributed by atoms with van der Waals surface area (Å²) < 4.78 is 6.01. The summed E-state index contributed by atoms with van der Waals surface area (Å²) in [6.07, 6.45) is 0.710. The molecule has 0 bridgehead atoms. The second-order valence-corrected chi connectivity index (χ2v) is 8.61. The zero-order valence-electron chi connectivity index (χ0n) is 14.2. The van der Waals surface area contributed by atoms with Crippen LogP contribution in [0.3, 0.4) is 0 Å². The molecule has 0 aliphatic heterocycles. The van der Waals surface area contributed by atoms with Crippen LogP contribution in [0.4, 0.5) is 5.00 Å². The van der Waals surface area contributed by atoms with Crippen LogP contribution in [0.15, 0.2) is 28.1 Å². The molecule has 0 atom stereocenters. The van der Waals surface area contributed by atoms with Crippen LogP contribution in [0.2, 0.25) is 5.02 Å². The van der Waals surface area contributed by atoms with Crippen LogP contribution in [-0.2, 0) is 11.2 Å². The lowest BCUT2D eigenvalue weighted by molar-refractivity contribution is 0.0526. The number of benzene rings is 1. The summed E-state index contributed by atoms with van der Waals surface area (Å²) in [5.74, 6) is -0.363. The fraction of sp³-hybridized carbons (Fsp3) is 0.333. The van der Waals surface area contributed by atoms with Gasteiger partial charge in [0.15, 0.2) is 0 Å². The Hall–Kier alpha value is -1.37. The number of hydrogen-bond acceptors (Lipinski definition) is 4. The van der Waals surface area contributed by atoms with Crippen molar-refractivity contribution in [1.29, 1.82) is 0 Å². The Morgan fingerprint density at radius 3 is 2.48 bits per heavy atom. The minimum absolute atomic E-state index is 0.276. The number of carbonyl (C=O) groups excluding carboxylic acids is 2. The maximum Gasteiger partial charge on any atom is 0.341 e. The predicted octanol–water partition coefficient (Wildman–Crippen LogP) is 5.79. The quantitative estimate of drug-likeness (QED) is 0.574. The van der Waals surface area contributed by atoms with E-state index in [2.05, 4.69) is 35.1 Å². The molecular weight excluding hydrogens is 426 g/mol. The van der Waals surface area contributed by atoms with Crippen molar-refractivity contribution in [3.8, 4) is 0 Å². The van der Waals surface area contributed by atoms with Crippen molar-refractivity contribution in [3.05, 3.63) is 49.8 Å². The summed E-state index contributed by atoms with van der Waals surface area (Å²) in [6, 6.07) is 6.58.